The maximum atomic E-state index is 11.8. The number of aromatic carboxylic acids is 1. The molecule has 1 fully saturated rings. The van der Waals surface area contributed by atoms with Gasteiger partial charge in [0.15, 0.2) is 0 Å². The fraction of sp³-hybridized carbons (Fsp3) is 0.308. The number of hydrogen-bond donors (Lipinski definition) is 3. The molecule has 4 N–H and O–H groups in total. The Labute approximate surface area is 115 Å². The fourth-order valence-corrected chi connectivity index (χ4v) is 2.32. The number of nitrogen functional groups attached to an aromatic ring is 1. The van der Waals surface area contributed by atoms with E-state index in [-0.39, 0.29) is 17.8 Å². The molecule has 1 atom stereocenters. The highest BCUT2D eigenvalue weighted by molar-refractivity contribution is 6.06. The number of carboxylic acid groups (broad SMARTS) is 1. The number of hydrogen-bond acceptors (Lipinski definition) is 5. The van der Waals surface area contributed by atoms with Crippen LogP contribution in [-0.4, -0.2) is 35.5 Å². The van der Waals surface area contributed by atoms with Crippen LogP contribution in [0.1, 0.15) is 23.7 Å². The Morgan fingerprint density at radius 1 is 1.50 bits per heavy atom. The van der Waals surface area contributed by atoms with Crippen molar-refractivity contribution in [2.45, 2.75) is 19.4 Å². The Morgan fingerprint density at radius 3 is 2.80 bits per heavy atom. The number of benzene rings is 1. The molecule has 7 heteroatoms. The topological polar surface area (TPSA) is 113 Å². The van der Waals surface area contributed by atoms with Gasteiger partial charge in [0.2, 0.25) is 11.8 Å². The monoisotopic (exact) mass is 277 g/mol. The zero-order chi connectivity index (χ0) is 14.9. The van der Waals surface area contributed by atoms with Crippen molar-refractivity contribution < 1.29 is 19.5 Å². The minimum Gasteiger partial charge on any atom is -0.478 e. The maximum Gasteiger partial charge on any atom is 0.337 e. The van der Waals surface area contributed by atoms with E-state index in [1.54, 1.807) is 17.0 Å². The van der Waals surface area contributed by atoms with Crippen LogP contribution in [0.3, 0.4) is 0 Å². The number of piperazine rings is 1. The van der Waals surface area contributed by atoms with E-state index in [0.29, 0.717) is 12.1 Å². The van der Waals surface area contributed by atoms with Gasteiger partial charge in [-0.3, -0.25) is 14.9 Å². The normalized spacial score (nSPS) is 18.9. The van der Waals surface area contributed by atoms with Gasteiger partial charge in [0, 0.05) is 0 Å². The SMILES string of the molecule is CCC1C(=O)NC(=O)CN1c1cccc(C(=O)O)c1N. The number of carboxylic acids is 1. The average Bonchev–Trinajstić information content (AvgIpc) is 2.37. The van der Waals surface area contributed by atoms with Gasteiger partial charge in [0.1, 0.15) is 6.04 Å². The Balaban J connectivity index is 2.48. The number of carbonyl (C=O) groups excluding carboxylic acids is 2. The van der Waals surface area contributed by atoms with Gasteiger partial charge in [-0.15, -0.1) is 0 Å². The zero-order valence-corrected chi connectivity index (χ0v) is 10.9. The lowest BCUT2D eigenvalue weighted by Gasteiger charge is -2.36. The van der Waals surface area contributed by atoms with Gasteiger partial charge in [-0.05, 0) is 18.6 Å². The van der Waals surface area contributed by atoms with Crippen LogP contribution < -0.4 is 16.0 Å². The van der Waals surface area contributed by atoms with Gasteiger partial charge < -0.3 is 15.7 Å². The number of nitrogens with two attached hydrogens (primary N) is 1. The van der Waals surface area contributed by atoms with Gasteiger partial charge in [-0.2, -0.15) is 0 Å². The molecule has 1 saturated heterocycles. The first-order valence-electron chi connectivity index (χ1n) is 6.17. The van der Waals surface area contributed by atoms with Gasteiger partial charge in [0.25, 0.3) is 0 Å². The molecular formula is C13H15N3O4. The Morgan fingerprint density at radius 2 is 2.20 bits per heavy atom. The second kappa shape index (κ2) is 5.20. The van der Waals surface area contributed by atoms with E-state index in [1.807, 2.05) is 6.92 Å². The minimum absolute atomic E-state index is 0.0302. The smallest absolute Gasteiger partial charge is 0.337 e. The highest BCUT2D eigenvalue weighted by Gasteiger charge is 2.33. The first-order valence-corrected chi connectivity index (χ1v) is 6.17. The highest BCUT2D eigenvalue weighted by Crippen LogP contribution is 2.30. The quantitative estimate of drug-likeness (QED) is 0.537. The van der Waals surface area contributed by atoms with Crippen LogP contribution in [0.4, 0.5) is 11.4 Å². The summed E-state index contributed by atoms with van der Waals surface area (Å²) in [7, 11) is 0. The predicted octanol–water partition coefficient (Wildman–Crippen LogP) is 0.208. The van der Waals surface area contributed by atoms with Crippen LogP contribution in [0.5, 0.6) is 0 Å². The summed E-state index contributed by atoms with van der Waals surface area (Å²) < 4.78 is 0. The lowest BCUT2D eigenvalue weighted by molar-refractivity contribution is -0.132. The van der Waals surface area contributed by atoms with Crippen LogP contribution in [0.15, 0.2) is 18.2 Å². The van der Waals surface area contributed by atoms with Crippen molar-refractivity contribution in [3.63, 3.8) is 0 Å². The predicted molar refractivity (Wildman–Crippen MR) is 72.4 cm³/mol. The summed E-state index contributed by atoms with van der Waals surface area (Å²) in [6.45, 7) is 1.78. The molecule has 106 valence electrons. The molecule has 1 aromatic rings. The van der Waals surface area contributed by atoms with Gasteiger partial charge in [-0.25, -0.2) is 4.79 Å². The van der Waals surface area contributed by atoms with E-state index < -0.39 is 23.8 Å². The number of imide groups is 1. The number of nitrogens with one attached hydrogen (secondary N) is 1. The molecule has 20 heavy (non-hydrogen) atoms. The Kier molecular flexibility index (Phi) is 3.60. The lowest BCUT2D eigenvalue weighted by Crippen LogP contribution is -2.58. The van der Waals surface area contributed by atoms with Crippen LogP contribution in [0.25, 0.3) is 0 Å². The molecule has 0 saturated carbocycles. The molecule has 0 aromatic heterocycles. The second-order valence-corrected chi connectivity index (χ2v) is 4.51. The maximum absolute atomic E-state index is 11.8. The van der Waals surface area contributed by atoms with Gasteiger partial charge in [0.05, 0.1) is 23.5 Å². The molecule has 0 spiro atoms. The van der Waals surface area contributed by atoms with E-state index in [1.165, 1.54) is 6.07 Å². The molecule has 1 heterocycles. The number of amides is 2. The molecule has 1 aromatic carbocycles. The molecule has 0 aliphatic carbocycles. The average molecular weight is 277 g/mol. The zero-order valence-electron chi connectivity index (χ0n) is 10.9. The standard InChI is InChI=1S/C13H15N3O4/c1-2-8-12(18)15-10(17)6-16(8)9-5-3-4-7(11(9)14)13(19)20/h3-5,8H,2,6,14H2,1H3,(H,19,20)(H,15,17,18). The van der Waals surface area contributed by atoms with Crippen LogP contribution >= 0.6 is 0 Å². The molecule has 7 nitrogen and oxygen atoms in total. The van der Waals surface area contributed by atoms with E-state index >= 15 is 0 Å². The summed E-state index contributed by atoms with van der Waals surface area (Å²) in [5.74, 6) is -1.98. The molecule has 1 aliphatic heterocycles. The Hall–Kier alpha value is -2.57. The first-order chi connectivity index (χ1) is 9.45. The van der Waals surface area contributed by atoms with Crippen molar-refractivity contribution in [3.05, 3.63) is 23.8 Å². The van der Waals surface area contributed by atoms with E-state index in [2.05, 4.69) is 5.32 Å². The molecule has 2 amide bonds. The van der Waals surface area contributed by atoms with Crippen molar-refractivity contribution >= 4 is 29.2 Å². The van der Waals surface area contributed by atoms with Crippen molar-refractivity contribution in [2.24, 2.45) is 0 Å². The van der Waals surface area contributed by atoms with E-state index in [4.69, 9.17) is 10.8 Å². The second-order valence-electron chi connectivity index (χ2n) is 4.51. The first kappa shape index (κ1) is 13.9. The molecule has 2 rings (SSSR count). The van der Waals surface area contributed by atoms with Crippen molar-refractivity contribution in [1.82, 2.24) is 5.32 Å². The van der Waals surface area contributed by atoms with Crippen LogP contribution in [-0.2, 0) is 9.59 Å². The summed E-state index contributed by atoms with van der Waals surface area (Å²) in [4.78, 5) is 36.0. The third-order valence-electron chi connectivity index (χ3n) is 3.27. The lowest BCUT2D eigenvalue weighted by atomic mass is 10.1. The Bertz CT molecular complexity index is 585. The summed E-state index contributed by atoms with van der Waals surface area (Å²) in [5, 5.41) is 11.3. The summed E-state index contributed by atoms with van der Waals surface area (Å²) in [6, 6.07) is 3.99. The molecule has 1 aliphatic rings. The summed E-state index contributed by atoms with van der Waals surface area (Å²) in [6.07, 6.45) is 0.482. The summed E-state index contributed by atoms with van der Waals surface area (Å²) >= 11 is 0. The minimum atomic E-state index is -1.15. The van der Waals surface area contributed by atoms with Crippen LogP contribution in [0.2, 0.25) is 0 Å². The number of rotatable bonds is 3. The van der Waals surface area contributed by atoms with Gasteiger partial charge >= 0.3 is 5.97 Å². The molecule has 0 bridgehead atoms. The number of nitrogens with zero attached hydrogens (tertiary/aromatic N) is 1. The number of para-hydroxylation sites is 1. The third-order valence-corrected chi connectivity index (χ3v) is 3.27. The van der Waals surface area contributed by atoms with E-state index in [9.17, 15) is 14.4 Å². The van der Waals surface area contributed by atoms with Crippen molar-refractivity contribution in [3.8, 4) is 0 Å². The van der Waals surface area contributed by atoms with Crippen LogP contribution in [0, 0.1) is 0 Å². The highest BCUT2D eigenvalue weighted by atomic mass is 16.4. The van der Waals surface area contributed by atoms with Crippen molar-refractivity contribution in [2.75, 3.05) is 17.2 Å². The molecule has 1 unspecified atom stereocenters. The van der Waals surface area contributed by atoms with Crippen molar-refractivity contribution in [1.29, 1.82) is 0 Å². The molecule has 0 radical (unpaired) electrons. The van der Waals surface area contributed by atoms with Gasteiger partial charge in [-0.1, -0.05) is 13.0 Å². The number of carbonyl (C=O) groups is 3. The number of anilines is 2. The van der Waals surface area contributed by atoms with E-state index in [0.717, 1.165) is 0 Å². The largest absolute Gasteiger partial charge is 0.478 e. The molecular weight excluding hydrogens is 262 g/mol. The third kappa shape index (κ3) is 2.29. The fourth-order valence-electron chi connectivity index (χ4n) is 2.32. The summed E-state index contributed by atoms with van der Waals surface area (Å²) in [5.41, 5.74) is 6.26.